The summed E-state index contributed by atoms with van der Waals surface area (Å²) in [5.41, 5.74) is 2.08. The van der Waals surface area contributed by atoms with Gasteiger partial charge in [0.2, 0.25) is 5.91 Å². The molecule has 27 heavy (non-hydrogen) atoms. The quantitative estimate of drug-likeness (QED) is 0.658. The van der Waals surface area contributed by atoms with Crippen LogP contribution in [0.2, 0.25) is 0 Å². The number of nitrogens with one attached hydrogen (secondary N) is 1. The Bertz CT molecular complexity index is 812. The fourth-order valence-corrected chi connectivity index (χ4v) is 2.36. The van der Waals surface area contributed by atoms with Gasteiger partial charge in [0.25, 0.3) is 0 Å². The van der Waals surface area contributed by atoms with Crippen molar-refractivity contribution < 1.29 is 24.2 Å². The molecule has 2 rings (SSSR count). The van der Waals surface area contributed by atoms with Crippen molar-refractivity contribution in [1.29, 1.82) is 0 Å². The minimum Gasteiger partial charge on any atom is -0.493 e. The highest BCUT2D eigenvalue weighted by Gasteiger charge is 2.05. The Hall–Kier alpha value is -3.28. The number of ether oxygens (including phenoxy) is 2. The van der Waals surface area contributed by atoms with Gasteiger partial charge < -0.3 is 19.9 Å². The summed E-state index contributed by atoms with van der Waals surface area (Å²) >= 11 is 0. The number of rotatable bonds is 9. The van der Waals surface area contributed by atoms with Gasteiger partial charge in [0.15, 0.2) is 11.5 Å². The lowest BCUT2D eigenvalue weighted by atomic mass is 10.1. The highest BCUT2D eigenvalue weighted by atomic mass is 16.5. The molecule has 1 amide bonds. The molecule has 0 aromatic heterocycles. The van der Waals surface area contributed by atoms with E-state index in [1.807, 2.05) is 19.1 Å². The molecular formula is C21H23NO5. The van der Waals surface area contributed by atoms with E-state index >= 15 is 0 Å². The molecule has 0 aliphatic heterocycles. The van der Waals surface area contributed by atoms with Crippen molar-refractivity contribution in [3.63, 3.8) is 0 Å². The largest absolute Gasteiger partial charge is 0.493 e. The van der Waals surface area contributed by atoms with Crippen molar-refractivity contribution in [3.05, 3.63) is 59.7 Å². The first kappa shape index (κ1) is 20.0. The van der Waals surface area contributed by atoms with Gasteiger partial charge in [-0.15, -0.1) is 0 Å². The van der Waals surface area contributed by atoms with E-state index in [1.165, 1.54) is 6.08 Å². The fraction of sp³-hybridized carbons (Fsp3) is 0.238. The zero-order valence-electron chi connectivity index (χ0n) is 15.4. The van der Waals surface area contributed by atoms with E-state index in [-0.39, 0.29) is 12.3 Å². The molecule has 6 heteroatoms. The van der Waals surface area contributed by atoms with E-state index in [1.54, 1.807) is 43.5 Å². The van der Waals surface area contributed by atoms with Crippen LogP contribution >= 0.6 is 0 Å². The Morgan fingerprint density at radius 2 is 1.85 bits per heavy atom. The average molecular weight is 369 g/mol. The molecule has 2 aromatic carbocycles. The van der Waals surface area contributed by atoms with Gasteiger partial charge in [-0.2, -0.15) is 0 Å². The highest BCUT2D eigenvalue weighted by Crippen LogP contribution is 2.28. The number of benzene rings is 2. The maximum Gasteiger partial charge on any atom is 0.307 e. The molecular weight excluding hydrogens is 346 g/mol. The zero-order valence-corrected chi connectivity index (χ0v) is 15.4. The molecule has 0 atom stereocenters. The Morgan fingerprint density at radius 3 is 2.48 bits per heavy atom. The second kappa shape index (κ2) is 10.0. The minimum atomic E-state index is -0.892. The normalized spacial score (nSPS) is 10.6. The molecule has 0 heterocycles. The second-order valence-corrected chi connectivity index (χ2v) is 5.85. The number of hydrogen-bond donors (Lipinski definition) is 2. The van der Waals surface area contributed by atoms with Crippen molar-refractivity contribution in [2.24, 2.45) is 0 Å². The third-order valence-corrected chi connectivity index (χ3v) is 3.65. The molecule has 0 radical (unpaired) electrons. The maximum atomic E-state index is 12.1. The maximum absolute atomic E-state index is 12.1. The van der Waals surface area contributed by atoms with E-state index in [9.17, 15) is 9.59 Å². The molecule has 0 saturated heterocycles. The number of carboxylic acids is 1. The SMILES string of the molecule is CCCOc1ccc(C=CC(=O)Nc2ccc(CC(=O)O)cc2)cc1OC. The van der Waals surface area contributed by atoms with Gasteiger partial charge >= 0.3 is 5.97 Å². The number of hydrogen-bond acceptors (Lipinski definition) is 4. The highest BCUT2D eigenvalue weighted by molar-refractivity contribution is 6.02. The van der Waals surface area contributed by atoms with Gasteiger partial charge in [-0.05, 0) is 47.9 Å². The van der Waals surface area contributed by atoms with E-state index in [4.69, 9.17) is 14.6 Å². The van der Waals surface area contributed by atoms with E-state index in [0.717, 1.165) is 12.0 Å². The molecule has 6 nitrogen and oxygen atoms in total. The van der Waals surface area contributed by atoms with Crippen molar-refractivity contribution in [1.82, 2.24) is 0 Å². The Labute approximate surface area is 158 Å². The van der Waals surface area contributed by atoms with Crippen molar-refractivity contribution in [2.45, 2.75) is 19.8 Å². The van der Waals surface area contributed by atoms with Crippen molar-refractivity contribution in [3.8, 4) is 11.5 Å². The van der Waals surface area contributed by atoms with E-state index < -0.39 is 5.97 Å². The number of aliphatic carboxylic acids is 1. The molecule has 0 saturated carbocycles. The third-order valence-electron chi connectivity index (χ3n) is 3.65. The van der Waals surface area contributed by atoms with Gasteiger partial charge in [-0.3, -0.25) is 9.59 Å². The molecule has 142 valence electrons. The first-order valence-electron chi connectivity index (χ1n) is 8.62. The smallest absolute Gasteiger partial charge is 0.307 e. The van der Waals surface area contributed by atoms with Crippen LogP contribution in [0.3, 0.4) is 0 Å². The van der Waals surface area contributed by atoms with Crippen LogP contribution in [0.4, 0.5) is 5.69 Å². The molecule has 0 spiro atoms. The van der Waals surface area contributed by atoms with Gasteiger partial charge in [0, 0.05) is 11.8 Å². The number of carbonyl (C=O) groups excluding carboxylic acids is 1. The molecule has 0 bridgehead atoms. The van der Waals surface area contributed by atoms with Gasteiger partial charge in [-0.1, -0.05) is 25.1 Å². The lowest BCUT2D eigenvalue weighted by Crippen LogP contribution is -2.08. The standard InChI is InChI=1S/C21H23NO5/c1-3-12-27-18-10-6-15(13-19(18)26-2)7-11-20(23)22-17-8-4-16(5-9-17)14-21(24)25/h4-11,13H,3,12,14H2,1-2H3,(H,22,23)(H,24,25). The summed E-state index contributed by atoms with van der Waals surface area (Å²) in [6, 6.07) is 12.2. The Kier molecular flexibility index (Phi) is 7.43. The number of carboxylic acid groups (broad SMARTS) is 1. The number of anilines is 1. The van der Waals surface area contributed by atoms with Gasteiger partial charge in [0.1, 0.15) is 0 Å². The number of amides is 1. The Morgan fingerprint density at radius 1 is 1.11 bits per heavy atom. The molecule has 0 fully saturated rings. The summed E-state index contributed by atoms with van der Waals surface area (Å²) in [5.74, 6) is 0.102. The summed E-state index contributed by atoms with van der Waals surface area (Å²) in [7, 11) is 1.57. The van der Waals surface area contributed by atoms with E-state index in [0.29, 0.717) is 29.4 Å². The summed E-state index contributed by atoms with van der Waals surface area (Å²) in [4.78, 5) is 22.7. The van der Waals surface area contributed by atoms with Crippen LogP contribution in [0.15, 0.2) is 48.5 Å². The minimum absolute atomic E-state index is 0.0477. The van der Waals surface area contributed by atoms with Crippen molar-refractivity contribution in [2.75, 3.05) is 19.0 Å². The first-order valence-corrected chi connectivity index (χ1v) is 8.62. The predicted molar refractivity (Wildman–Crippen MR) is 104 cm³/mol. The molecule has 2 N–H and O–H groups in total. The van der Waals surface area contributed by atoms with Crippen LogP contribution in [-0.4, -0.2) is 30.7 Å². The van der Waals surface area contributed by atoms with Gasteiger partial charge in [0.05, 0.1) is 20.1 Å². The third kappa shape index (κ3) is 6.51. The van der Waals surface area contributed by atoms with Crippen LogP contribution in [0.1, 0.15) is 24.5 Å². The Balaban J connectivity index is 1.98. The first-order chi connectivity index (χ1) is 13.0. The molecule has 0 aliphatic rings. The fourth-order valence-electron chi connectivity index (χ4n) is 2.36. The van der Waals surface area contributed by atoms with Crippen LogP contribution < -0.4 is 14.8 Å². The summed E-state index contributed by atoms with van der Waals surface area (Å²) in [5, 5.41) is 11.5. The summed E-state index contributed by atoms with van der Waals surface area (Å²) in [6.45, 7) is 2.64. The average Bonchev–Trinajstić information content (AvgIpc) is 2.66. The summed E-state index contributed by atoms with van der Waals surface area (Å²) in [6.07, 6.45) is 3.96. The van der Waals surface area contributed by atoms with Crippen LogP contribution in [0, 0.1) is 0 Å². The molecule has 0 aliphatic carbocycles. The number of carbonyl (C=O) groups is 2. The monoisotopic (exact) mass is 369 g/mol. The zero-order chi connectivity index (χ0) is 19.6. The lowest BCUT2D eigenvalue weighted by Gasteiger charge is -2.10. The van der Waals surface area contributed by atoms with Crippen molar-refractivity contribution >= 4 is 23.6 Å². The summed E-state index contributed by atoms with van der Waals surface area (Å²) < 4.78 is 10.9. The molecule has 2 aromatic rings. The van der Waals surface area contributed by atoms with Crippen LogP contribution in [-0.2, 0) is 16.0 Å². The van der Waals surface area contributed by atoms with Crippen LogP contribution in [0.25, 0.3) is 6.08 Å². The van der Waals surface area contributed by atoms with Crippen LogP contribution in [0.5, 0.6) is 11.5 Å². The molecule has 0 unspecified atom stereocenters. The lowest BCUT2D eigenvalue weighted by molar-refractivity contribution is -0.136. The predicted octanol–water partition coefficient (Wildman–Crippen LogP) is 3.76. The topological polar surface area (TPSA) is 84.9 Å². The van der Waals surface area contributed by atoms with E-state index in [2.05, 4.69) is 5.32 Å². The number of methoxy groups -OCH3 is 1. The van der Waals surface area contributed by atoms with Gasteiger partial charge in [-0.25, -0.2) is 0 Å². The second-order valence-electron chi connectivity index (χ2n) is 5.85.